The summed E-state index contributed by atoms with van der Waals surface area (Å²) in [5.74, 6) is 0. The fourth-order valence-corrected chi connectivity index (χ4v) is 1.75. The summed E-state index contributed by atoms with van der Waals surface area (Å²) in [5.41, 5.74) is 8.05. The molecule has 0 saturated carbocycles. The van der Waals surface area contributed by atoms with Crippen LogP contribution in [-0.4, -0.2) is 4.92 Å². The van der Waals surface area contributed by atoms with Crippen molar-refractivity contribution in [2.75, 3.05) is 0 Å². The molecule has 0 radical (unpaired) electrons. The number of benzene rings is 1. The number of nitrogens with two attached hydrogens (primary N) is 1. The van der Waals surface area contributed by atoms with E-state index in [4.69, 9.17) is 5.73 Å². The lowest BCUT2D eigenvalue weighted by Gasteiger charge is -2.02. The summed E-state index contributed by atoms with van der Waals surface area (Å²) >= 11 is 0. The van der Waals surface area contributed by atoms with Gasteiger partial charge >= 0.3 is 0 Å². The molecule has 0 fully saturated rings. The van der Waals surface area contributed by atoms with Crippen LogP contribution in [0.15, 0.2) is 18.2 Å². The Hall–Kier alpha value is -1.42. The number of nitro groups is 1. The third-order valence-electron chi connectivity index (χ3n) is 2.46. The second kappa shape index (κ2) is 2.81. The highest BCUT2D eigenvalue weighted by Crippen LogP contribution is 2.31. The maximum Gasteiger partial charge on any atom is 0.269 e. The van der Waals surface area contributed by atoms with Crippen molar-refractivity contribution in [3.8, 4) is 0 Å². The molecule has 1 aromatic rings. The fourth-order valence-electron chi connectivity index (χ4n) is 1.75. The number of nitrogens with zero attached hydrogens (tertiary/aromatic N) is 1. The van der Waals surface area contributed by atoms with Crippen LogP contribution >= 0.6 is 0 Å². The van der Waals surface area contributed by atoms with Gasteiger partial charge in [0.15, 0.2) is 0 Å². The molecular formula is C9H10N2O2. The number of nitro benzene ring substituents is 1. The molecule has 13 heavy (non-hydrogen) atoms. The second-order valence-electron chi connectivity index (χ2n) is 3.29. The zero-order valence-electron chi connectivity index (χ0n) is 7.06. The van der Waals surface area contributed by atoms with Crippen molar-refractivity contribution >= 4 is 5.69 Å². The molecule has 0 aliphatic heterocycles. The minimum atomic E-state index is -0.371. The molecule has 1 atom stereocenters. The van der Waals surface area contributed by atoms with Gasteiger partial charge in [-0.15, -0.1) is 0 Å². The maximum atomic E-state index is 10.5. The van der Waals surface area contributed by atoms with Gasteiger partial charge in [-0.2, -0.15) is 0 Å². The number of non-ortho nitro benzene ring substituents is 1. The Morgan fingerprint density at radius 3 is 3.00 bits per heavy atom. The van der Waals surface area contributed by atoms with Gasteiger partial charge in [0.05, 0.1) is 4.92 Å². The average molecular weight is 178 g/mol. The molecule has 0 heterocycles. The van der Waals surface area contributed by atoms with Crippen molar-refractivity contribution in [3.63, 3.8) is 0 Å². The third kappa shape index (κ3) is 1.29. The molecule has 4 nitrogen and oxygen atoms in total. The van der Waals surface area contributed by atoms with Crippen molar-refractivity contribution in [2.45, 2.75) is 18.9 Å². The molecule has 1 aliphatic carbocycles. The van der Waals surface area contributed by atoms with Crippen LogP contribution in [0.2, 0.25) is 0 Å². The maximum absolute atomic E-state index is 10.5. The van der Waals surface area contributed by atoms with E-state index in [1.54, 1.807) is 12.1 Å². The van der Waals surface area contributed by atoms with E-state index >= 15 is 0 Å². The third-order valence-corrected chi connectivity index (χ3v) is 2.46. The van der Waals surface area contributed by atoms with Gasteiger partial charge < -0.3 is 5.73 Å². The first kappa shape index (κ1) is 8.19. The van der Waals surface area contributed by atoms with E-state index in [9.17, 15) is 10.1 Å². The van der Waals surface area contributed by atoms with Gasteiger partial charge in [0.1, 0.15) is 0 Å². The Bertz CT molecular complexity index is 363. The molecule has 0 saturated heterocycles. The number of fused-ring (bicyclic) bond motifs is 1. The van der Waals surface area contributed by atoms with E-state index in [0.717, 1.165) is 24.0 Å². The van der Waals surface area contributed by atoms with Gasteiger partial charge in [-0.1, -0.05) is 6.07 Å². The van der Waals surface area contributed by atoms with E-state index in [-0.39, 0.29) is 16.7 Å². The molecule has 0 aromatic heterocycles. The van der Waals surface area contributed by atoms with Crippen molar-refractivity contribution in [1.82, 2.24) is 0 Å². The summed E-state index contributed by atoms with van der Waals surface area (Å²) in [6, 6.07) is 4.98. The fraction of sp³-hybridized carbons (Fsp3) is 0.333. The zero-order valence-corrected chi connectivity index (χ0v) is 7.06. The van der Waals surface area contributed by atoms with Gasteiger partial charge in [-0.3, -0.25) is 10.1 Å². The van der Waals surface area contributed by atoms with Crippen molar-refractivity contribution in [2.24, 2.45) is 5.73 Å². The van der Waals surface area contributed by atoms with Gasteiger partial charge in [-0.25, -0.2) is 0 Å². The van der Waals surface area contributed by atoms with E-state index in [1.165, 1.54) is 6.07 Å². The van der Waals surface area contributed by atoms with Crippen LogP contribution in [0.5, 0.6) is 0 Å². The largest absolute Gasteiger partial charge is 0.324 e. The topological polar surface area (TPSA) is 69.2 Å². The molecule has 2 N–H and O–H groups in total. The minimum Gasteiger partial charge on any atom is -0.324 e. The first-order valence-electron chi connectivity index (χ1n) is 4.21. The van der Waals surface area contributed by atoms with Gasteiger partial charge in [-0.05, 0) is 24.0 Å². The van der Waals surface area contributed by atoms with Gasteiger partial charge in [0.25, 0.3) is 5.69 Å². The first-order chi connectivity index (χ1) is 6.18. The molecule has 1 unspecified atom stereocenters. The summed E-state index contributed by atoms with van der Waals surface area (Å²) in [7, 11) is 0. The molecule has 4 heteroatoms. The van der Waals surface area contributed by atoms with E-state index in [1.807, 2.05) is 0 Å². The summed E-state index contributed by atoms with van der Waals surface area (Å²) in [4.78, 5) is 10.1. The lowest BCUT2D eigenvalue weighted by atomic mass is 10.1. The molecule has 1 aliphatic rings. The molecular weight excluding hydrogens is 168 g/mol. The Balaban J connectivity index is 2.45. The molecule has 68 valence electrons. The van der Waals surface area contributed by atoms with Crippen LogP contribution in [-0.2, 0) is 6.42 Å². The standard InChI is InChI=1S/C9H10N2O2/c10-9-4-1-6-5-7(11(12)13)2-3-8(6)9/h2-3,5,9H,1,4,10H2. The van der Waals surface area contributed by atoms with Crippen LogP contribution in [0.4, 0.5) is 5.69 Å². The Morgan fingerprint density at radius 2 is 2.31 bits per heavy atom. The van der Waals surface area contributed by atoms with E-state index in [2.05, 4.69) is 0 Å². The lowest BCUT2D eigenvalue weighted by molar-refractivity contribution is -0.384. The Labute approximate surface area is 75.5 Å². The van der Waals surface area contributed by atoms with Crippen LogP contribution in [0.3, 0.4) is 0 Å². The molecule has 0 spiro atoms. The quantitative estimate of drug-likeness (QED) is 0.523. The van der Waals surface area contributed by atoms with E-state index < -0.39 is 0 Å². The van der Waals surface area contributed by atoms with Crippen molar-refractivity contribution in [1.29, 1.82) is 0 Å². The van der Waals surface area contributed by atoms with Crippen molar-refractivity contribution in [3.05, 3.63) is 39.4 Å². The predicted octanol–water partition coefficient (Wildman–Crippen LogP) is 1.54. The average Bonchev–Trinajstić information content (AvgIpc) is 2.47. The minimum absolute atomic E-state index is 0.0656. The predicted molar refractivity (Wildman–Crippen MR) is 48.3 cm³/mol. The van der Waals surface area contributed by atoms with Crippen LogP contribution in [0, 0.1) is 10.1 Å². The second-order valence-corrected chi connectivity index (χ2v) is 3.29. The number of hydrogen-bond donors (Lipinski definition) is 1. The summed E-state index contributed by atoms with van der Waals surface area (Å²) in [5, 5.41) is 10.5. The molecule has 0 bridgehead atoms. The zero-order chi connectivity index (χ0) is 9.42. The van der Waals surface area contributed by atoms with Crippen LogP contribution in [0.25, 0.3) is 0 Å². The number of aryl methyl sites for hydroxylation is 1. The summed E-state index contributed by atoms with van der Waals surface area (Å²) < 4.78 is 0. The monoisotopic (exact) mass is 178 g/mol. The number of rotatable bonds is 1. The normalized spacial score (nSPS) is 19.9. The smallest absolute Gasteiger partial charge is 0.269 e. The Morgan fingerprint density at radius 1 is 1.54 bits per heavy atom. The highest BCUT2D eigenvalue weighted by Gasteiger charge is 2.20. The van der Waals surface area contributed by atoms with Gasteiger partial charge in [0, 0.05) is 18.2 Å². The van der Waals surface area contributed by atoms with Crippen LogP contribution < -0.4 is 5.73 Å². The molecule has 1 aromatic carbocycles. The highest BCUT2D eigenvalue weighted by atomic mass is 16.6. The SMILES string of the molecule is NC1CCc2cc([N+](=O)[O-])ccc21. The van der Waals surface area contributed by atoms with Gasteiger partial charge in [0.2, 0.25) is 0 Å². The number of hydrogen-bond acceptors (Lipinski definition) is 3. The summed E-state index contributed by atoms with van der Waals surface area (Å²) in [6.07, 6.45) is 1.76. The highest BCUT2D eigenvalue weighted by molar-refractivity contribution is 5.43. The first-order valence-corrected chi connectivity index (χ1v) is 4.21. The van der Waals surface area contributed by atoms with Crippen LogP contribution in [0.1, 0.15) is 23.6 Å². The lowest BCUT2D eigenvalue weighted by Crippen LogP contribution is -2.04. The molecule has 0 amide bonds. The Kier molecular flexibility index (Phi) is 1.77. The summed E-state index contributed by atoms with van der Waals surface area (Å²) in [6.45, 7) is 0. The van der Waals surface area contributed by atoms with E-state index in [0.29, 0.717) is 0 Å². The molecule has 2 rings (SSSR count). The van der Waals surface area contributed by atoms with Crippen molar-refractivity contribution < 1.29 is 4.92 Å².